The number of rotatable bonds is 5. The van der Waals surface area contributed by atoms with Crippen LogP contribution in [0.2, 0.25) is 0 Å². The van der Waals surface area contributed by atoms with Crippen molar-refractivity contribution in [2.75, 3.05) is 10.6 Å². The van der Waals surface area contributed by atoms with Crippen molar-refractivity contribution in [3.63, 3.8) is 0 Å². The van der Waals surface area contributed by atoms with Crippen molar-refractivity contribution in [3.8, 4) is 0 Å². The van der Waals surface area contributed by atoms with Crippen LogP contribution in [0.5, 0.6) is 0 Å². The molecule has 0 amide bonds. The standard InChI is InChI=1S/C17H18N6/c1-12-6-7-14(9-13(12)2)21-17-22-16(11-20-23-17)19-10-15-5-3-4-8-18-15/h3-9,11H,10H2,1-2H3,(H2,19,21,22,23). The third-order valence-corrected chi connectivity index (χ3v) is 3.50. The molecule has 23 heavy (non-hydrogen) atoms. The van der Waals surface area contributed by atoms with Gasteiger partial charge in [0.15, 0.2) is 5.82 Å². The van der Waals surface area contributed by atoms with Gasteiger partial charge >= 0.3 is 0 Å². The highest BCUT2D eigenvalue weighted by atomic mass is 15.3. The summed E-state index contributed by atoms with van der Waals surface area (Å²) in [5.74, 6) is 1.11. The summed E-state index contributed by atoms with van der Waals surface area (Å²) in [4.78, 5) is 8.67. The molecule has 6 heteroatoms. The van der Waals surface area contributed by atoms with Crippen molar-refractivity contribution in [1.82, 2.24) is 20.2 Å². The van der Waals surface area contributed by atoms with Gasteiger partial charge in [-0.25, -0.2) is 0 Å². The van der Waals surface area contributed by atoms with Crippen LogP contribution in [0.1, 0.15) is 16.8 Å². The molecule has 0 atom stereocenters. The summed E-state index contributed by atoms with van der Waals surface area (Å²) >= 11 is 0. The molecule has 0 saturated carbocycles. The average molecular weight is 306 g/mol. The lowest BCUT2D eigenvalue weighted by Crippen LogP contribution is -2.06. The number of anilines is 3. The van der Waals surface area contributed by atoms with Crippen LogP contribution in [0.25, 0.3) is 0 Å². The van der Waals surface area contributed by atoms with Crippen molar-refractivity contribution in [3.05, 3.63) is 65.6 Å². The Morgan fingerprint density at radius 1 is 1.04 bits per heavy atom. The second-order valence-corrected chi connectivity index (χ2v) is 5.26. The minimum Gasteiger partial charge on any atom is -0.363 e. The summed E-state index contributed by atoms with van der Waals surface area (Å²) in [6, 6.07) is 11.9. The van der Waals surface area contributed by atoms with E-state index in [2.05, 4.69) is 56.8 Å². The minimum atomic E-state index is 0.458. The quantitative estimate of drug-likeness (QED) is 0.753. The Labute approximate surface area is 135 Å². The summed E-state index contributed by atoms with van der Waals surface area (Å²) < 4.78 is 0. The van der Waals surface area contributed by atoms with Gasteiger partial charge in [0.25, 0.3) is 0 Å². The lowest BCUT2D eigenvalue weighted by atomic mass is 10.1. The zero-order chi connectivity index (χ0) is 16.1. The van der Waals surface area contributed by atoms with Gasteiger partial charge in [0.05, 0.1) is 18.4 Å². The maximum atomic E-state index is 4.41. The van der Waals surface area contributed by atoms with Crippen LogP contribution in [0.15, 0.2) is 48.8 Å². The van der Waals surface area contributed by atoms with E-state index in [0.717, 1.165) is 11.4 Å². The lowest BCUT2D eigenvalue weighted by Gasteiger charge is -2.08. The first-order valence-electron chi connectivity index (χ1n) is 7.38. The van der Waals surface area contributed by atoms with E-state index in [9.17, 15) is 0 Å². The second kappa shape index (κ2) is 6.83. The zero-order valence-corrected chi connectivity index (χ0v) is 13.1. The maximum absolute atomic E-state index is 4.41. The molecule has 0 aliphatic carbocycles. The molecule has 2 aromatic heterocycles. The number of hydrogen-bond acceptors (Lipinski definition) is 6. The van der Waals surface area contributed by atoms with E-state index < -0.39 is 0 Å². The van der Waals surface area contributed by atoms with Gasteiger partial charge < -0.3 is 10.6 Å². The molecule has 0 aliphatic heterocycles. The summed E-state index contributed by atoms with van der Waals surface area (Å²) in [5.41, 5.74) is 4.35. The Kier molecular flexibility index (Phi) is 4.42. The molecule has 3 aromatic rings. The highest BCUT2D eigenvalue weighted by molar-refractivity contribution is 5.56. The molecule has 6 nitrogen and oxygen atoms in total. The molecular weight excluding hydrogens is 288 g/mol. The molecule has 0 radical (unpaired) electrons. The first-order valence-corrected chi connectivity index (χ1v) is 7.38. The molecule has 116 valence electrons. The van der Waals surface area contributed by atoms with Gasteiger partial charge in [-0.15, -0.1) is 5.10 Å². The van der Waals surface area contributed by atoms with Gasteiger partial charge in [-0.1, -0.05) is 12.1 Å². The summed E-state index contributed by atoms with van der Waals surface area (Å²) in [7, 11) is 0. The molecular formula is C17H18N6. The molecule has 2 N–H and O–H groups in total. The van der Waals surface area contributed by atoms with Crippen molar-refractivity contribution >= 4 is 17.5 Å². The summed E-state index contributed by atoms with van der Waals surface area (Å²) in [6.45, 7) is 4.74. The average Bonchev–Trinajstić information content (AvgIpc) is 2.58. The Morgan fingerprint density at radius 3 is 2.74 bits per heavy atom. The van der Waals surface area contributed by atoms with Crippen LogP contribution in [-0.2, 0) is 6.54 Å². The van der Waals surface area contributed by atoms with Gasteiger partial charge in [-0.05, 0) is 49.2 Å². The van der Waals surface area contributed by atoms with Crippen molar-refractivity contribution in [1.29, 1.82) is 0 Å². The normalized spacial score (nSPS) is 10.3. The summed E-state index contributed by atoms with van der Waals surface area (Å²) in [6.07, 6.45) is 3.36. The fraction of sp³-hybridized carbons (Fsp3) is 0.176. The van der Waals surface area contributed by atoms with Crippen LogP contribution in [0, 0.1) is 13.8 Å². The van der Waals surface area contributed by atoms with Gasteiger partial charge in [0.2, 0.25) is 5.95 Å². The predicted molar refractivity (Wildman–Crippen MR) is 90.6 cm³/mol. The second-order valence-electron chi connectivity index (χ2n) is 5.26. The highest BCUT2D eigenvalue weighted by Gasteiger charge is 2.03. The molecule has 0 saturated heterocycles. The van der Waals surface area contributed by atoms with Crippen LogP contribution >= 0.6 is 0 Å². The Bertz CT molecular complexity index is 788. The van der Waals surface area contributed by atoms with E-state index in [4.69, 9.17) is 0 Å². The number of pyridine rings is 1. The van der Waals surface area contributed by atoms with E-state index >= 15 is 0 Å². The molecule has 0 spiro atoms. The van der Waals surface area contributed by atoms with Gasteiger partial charge in [-0.2, -0.15) is 10.1 Å². The molecule has 0 aliphatic rings. The number of aromatic nitrogens is 4. The smallest absolute Gasteiger partial charge is 0.249 e. The predicted octanol–water partition coefficient (Wildman–Crippen LogP) is 3.24. The van der Waals surface area contributed by atoms with E-state index in [1.54, 1.807) is 12.4 Å². The lowest BCUT2D eigenvalue weighted by molar-refractivity contribution is 0.955. The van der Waals surface area contributed by atoms with Crippen molar-refractivity contribution < 1.29 is 0 Å². The van der Waals surface area contributed by atoms with E-state index in [-0.39, 0.29) is 0 Å². The molecule has 1 aromatic carbocycles. The third kappa shape index (κ3) is 4.00. The van der Waals surface area contributed by atoms with E-state index in [1.807, 2.05) is 24.3 Å². The van der Waals surface area contributed by atoms with Crippen LogP contribution in [-0.4, -0.2) is 20.2 Å². The molecule has 2 heterocycles. The maximum Gasteiger partial charge on any atom is 0.249 e. The highest BCUT2D eigenvalue weighted by Crippen LogP contribution is 2.17. The van der Waals surface area contributed by atoms with Gasteiger partial charge in [-0.3, -0.25) is 4.98 Å². The fourth-order valence-electron chi connectivity index (χ4n) is 2.07. The molecule has 0 unspecified atom stereocenters. The molecule has 3 rings (SSSR count). The third-order valence-electron chi connectivity index (χ3n) is 3.50. The Balaban J connectivity index is 1.68. The first kappa shape index (κ1) is 14.9. The number of nitrogens with one attached hydrogen (secondary N) is 2. The number of nitrogens with zero attached hydrogens (tertiary/aromatic N) is 4. The zero-order valence-electron chi connectivity index (χ0n) is 13.1. The largest absolute Gasteiger partial charge is 0.363 e. The fourth-order valence-corrected chi connectivity index (χ4v) is 2.07. The van der Waals surface area contributed by atoms with Crippen LogP contribution < -0.4 is 10.6 Å². The SMILES string of the molecule is Cc1ccc(Nc2nncc(NCc3ccccn3)n2)cc1C. The van der Waals surface area contributed by atoms with Crippen molar-refractivity contribution in [2.45, 2.75) is 20.4 Å². The number of benzene rings is 1. The van der Waals surface area contributed by atoms with Crippen molar-refractivity contribution in [2.24, 2.45) is 0 Å². The summed E-state index contributed by atoms with van der Waals surface area (Å²) in [5, 5.41) is 14.4. The van der Waals surface area contributed by atoms with Gasteiger partial charge in [0, 0.05) is 11.9 Å². The van der Waals surface area contributed by atoms with Crippen LogP contribution in [0.3, 0.4) is 0 Å². The van der Waals surface area contributed by atoms with E-state index in [1.165, 1.54) is 11.1 Å². The Hall–Kier alpha value is -3.02. The molecule has 0 bridgehead atoms. The topological polar surface area (TPSA) is 75.6 Å². The number of aryl methyl sites for hydroxylation is 2. The van der Waals surface area contributed by atoms with Gasteiger partial charge in [0.1, 0.15) is 0 Å². The monoisotopic (exact) mass is 306 g/mol. The first-order chi connectivity index (χ1) is 11.2. The number of hydrogen-bond donors (Lipinski definition) is 2. The van der Waals surface area contributed by atoms with Crippen LogP contribution in [0.4, 0.5) is 17.5 Å². The van der Waals surface area contributed by atoms with E-state index in [0.29, 0.717) is 18.3 Å². The Morgan fingerprint density at radius 2 is 1.96 bits per heavy atom. The molecule has 0 fully saturated rings. The minimum absolute atomic E-state index is 0.458.